The highest BCUT2D eigenvalue weighted by molar-refractivity contribution is 5.74. The lowest BCUT2D eigenvalue weighted by Crippen LogP contribution is -2.51. The summed E-state index contributed by atoms with van der Waals surface area (Å²) < 4.78 is 27.8. The van der Waals surface area contributed by atoms with Crippen molar-refractivity contribution in [2.24, 2.45) is 5.92 Å². The molecule has 0 spiro atoms. The first-order chi connectivity index (χ1) is 13.5. The number of rotatable bonds is 5. The van der Waals surface area contributed by atoms with E-state index in [0.717, 1.165) is 38.9 Å². The van der Waals surface area contributed by atoms with E-state index in [1.54, 1.807) is 0 Å². The molecule has 2 saturated heterocycles. The number of hydrogen-bond donors (Lipinski definition) is 2. The third-order valence-corrected chi connectivity index (χ3v) is 5.81. The van der Waals surface area contributed by atoms with Gasteiger partial charge in [0.05, 0.1) is 0 Å². The number of nitrogens with zero attached hydrogens (tertiary/aromatic N) is 2. The number of carbonyl (C=O) groups excluding carboxylic acids is 1. The molecule has 0 aliphatic carbocycles. The molecule has 2 aliphatic rings. The Morgan fingerprint density at radius 1 is 1.11 bits per heavy atom. The zero-order valence-corrected chi connectivity index (χ0v) is 16.7. The second-order valence-corrected chi connectivity index (χ2v) is 8.25. The summed E-state index contributed by atoms with van der Waals surface area (Å²) in [5.41, 5.74) is 0.102. The standard InChI is InChI=1S/C21H32F2N4O/c1-26-10-3-2-6-16(13-26)12-24-21(28)25-17-7-5-11-27(14-17)15-18-19(22)8-4-9-20(18)23/h4,8-9,16-17H,2-3,5-7,10-15H2,1H3,(H2,24,25,28). The van der Waals surface area contributed by atoms with Gasteiger partial charge in [-0.25, -0.2) is 13.6 Å². The van der Waals surface area contributed by atoms with Gasteiger partial charge in [0.2, 0.25) is 0 Å². The molecule has 156 valence electrons. The Hall–Kier alpha value is -1.73. The number of amides is 2. The molecule has 28 heavy (non-hydrogen) atoms. The van der Waals surface area contributed by atoms with Crippen LogP contribution in [0.5, 0.6) is 0 Å². The van der Waals surface area contributed by atoms with Crippen LogP contribution in [-0.2, 0) is 6.54 Å². The van der Waals surface area contributed by atoms with Gasteiger partial charge in [0, 0.05) is 37.8 Å². The average Bonchev–Trinajstić information content (AvgIpc) is 2.87. The molecule has 2 unspecified atom stereocenters. The van der Waals surface area contributed by atoms with Crippen molar-refractivity contribution in [1.29, 1.82) is 0 Å². The van der Waals surface area contributed by atoms with Crippen LogP contribution in [0.15, 0.2) is 18.2 Å². The minimum Gasteiger partial charge on any atom is -0.338 e. The topological polar surface area (TPSA) is 47.6 Å². The Morgan fingerprint density at radius 3 is 2.68 bits per heavy atom. The van der Waals surface area contributed by atoms with Crippen LogP contribution in [0, 0.1) is 17.6 Å². The predicted molar refractivity (Wildman–Crippen MR) is 106 cm³/mol. The molecule has 5 nitrogen and oxygen atoms in total. The van der Waals surface area contributed by atoms with E-state index in [9.17, 15) is 13.6 Å². The van der Waals surface area contributed by atoms with E-state index in [2.05, 4.69) is 22.6 Å². The maximum absolute atomic E-state index is 13.9. The Bertz CT molecular complexity index is 637. The minimum absolute atomic E-state index is 0.000363. The minimum atomic E-state index is -0.513. The van der Waals surface area contributed by atoms with Crippen LogP contribution in [0.25, 0.3) is 0 Å². The molecule has 1 aromatic rings. The summed E-state index contributed by atoms with van der Waals surface area (Å²) in [6.45, 7) is 4.45. The van der Waals surface area contributed by atoms with Gasteiger partial charge < -0.3 is 15.5 Å². The molecule has 0 saturated carbocycles. The van der Waals surface area contributed by atoms with Crippen LogP contribution < -0.4 is 10.6 Å². The maximum Gasteiger partial charge on any atom is 0.315 e. The lowest BCUT2D eigenvalue weighted by atomic mass is 10.0. The monoisotopic (exact) mass is 394 g/mol. The van der Waals surface area contributed by atoms with Gasteiger partial charge in [-0.2, -0.15) is 0 Å². The smallest absolute Gasteiger partial charge is 0.315 e. The fourth-order valence-corrected chi connectivity index (χ4v) is 4.30. The molecular formula is C21H32F2N4O. The van der Waals surface area contributed by atoms with Gasteiger partial charge in [0.15, 0.2) is 0 Å². The fourth-order valence-electron chi connectivity index (χ4n) is 4.30. The van der Waals surface area contributed by atoms with E-state index >= 15 is 0 Å². The molecule has 2 amide bonds. The van der Waals surface area contributed by atoms with Crippen LogP contribution in [0.4, 0.5) is 13.6 Å². The number of benzene rings is 1. The van der Waals surface area contributed by atoms with Crippen molar-refractivity contribution in [2.75, 3.05) is 39.8 Å². The van der Waals surface area contributed by atoms with Gasteiger partial charge in [-0.15, -0.1) is 0 Å². The summed E-state index contributed by atoms with van der Waals surface area (Å²) >= 11 is 0. The van der Waals surface area contributed by atoms with Crippen LogP contribution in [0.1, 0.15) is 37.7 Å². The number of hydrogen-bond acceptors (Lipinski definition) is 3. The fraction of sp³-hybridized carbons (Fsp3) is 0.667. The molecule has 2 heterocycles. The van der Waals surface area contributed by atoms with Gasteiger partial charge in [-0.3, -0.25) is 4.90 Å². The number of urea groups is 1. The Morgan fingerprint density at radius 2 is 1.89 bits per heavy atom. The summed E-state index contributed by atoms with van der Waals surface area (Å²) in [5, 5.41) is 6.05. The Labute approximate surface area is 166 Å². The highest BCUT2D eigenvalue weighted by Gasteiger charge is 2.24. The van der Waals surface area contributed by atoms with Crippen molar-refractivity contribution in [3.05, 3.63) is 35.4 Å². The molecule has 0 radical (unpaired) electrons. The summed E-state index contributed by atoms with van der Waals surface area (Å²) in [4.78, 5) is 16.7. The first-order valence-corrected chi connectivity index (χ1v) is 10.4. The third kappa shape index (κ3) is 6.14. The zero-order chi connectivity index (χ0) is 19.9. The third-order valence-electron chi connectivity index (χ3n) is 5.81. The lowest BCUT2D eigenvalue weighted by Gasteiger charge is -2.33. The predicted octanol–water partition coefficient (Wildman–Crippen LogP) is 2.96. The molecule has 2 N–H and O–H groups in total. The summed E-state index contributed by atoms with van der Waals surface area (Å²) in [6.07, 6.45) is 5.36. The van der Waals surface area contributed by atoms with Crippen LogP contribution in [0.3, 0.4) is 0 Å². The van der Waals surface area contributed by atoms with Gasteiger partial charge >= 0.3 is 6.03 Å². The summed E-state index contributed by atoms with van der Waals surface area (Å²) in [7, 11) is 2.13. The average molecular weight is 395 g/mol. The summed E-state index contributed by atoms with van der Waals surface area (Å²) in [5.74, 6) is -0.535. The zero-order valence-electron chi connectivity index (χ0n) is 16.7. The maximum atomic E-state index is 13.9. The number of carbonyl (C=O) groups is 1. The Balaban J connectivity index is 1.44. The van der Waals surface area contributed by atoms with Crippen LogP contribution >= 0.6 is 0 Å². The molecule has 7 heteroatoms. The van der Waals surface area contributed by atoms with E-state index < -0.39 is 11.6 Å². The molecule has 2 atom stereocenters. The van der Waals surface area contributed by atoms with Crippen molar-refractivity contribution in [1.82, 2.24) is 20.4 Å². The van der Waals surface area contributed by atoms with Gasteiger partial charge in [-0.1, -0.05) is 12.5 Å². The first-order valence-electron chi connectivity index (χ1n) is 10.4. The molecular weight excluding hydrogens is 362 g/mol. The van der Waals surface area contributed by atoms with Crippen LogP contribution in [-0.4, -0.2) is 61.6 Å². The van der Waals surface area contributed by atoms with Crippen molar-refractivity contribution in [2.45, 2.75) is 44.7 Å². The van der Waals surface area contributed by atoms with Crippen molar-refractivity contribution >= 4 is 6.03 Å². The van der Waals surface area contributed by atoms with Crippen molar-refractivity contribution < 1.29 is 13.6 Å². The van der Waals surface area contributed by atoms with E-state index in [1.165, 1.54) is 31.0 Å². The SMILES string of the molecule is CN1CCCCC(CNC(=O)NC2CCCN(Cc3c(F)cccc3F)C2)C1. The molecule has 2 fully saturated rings. The van der Waals surface area contributed by atoms with Crippen LogP contribution in [0.2, 0.25) is 0 Å². The first kappa shape index (κ1) is 21.0. The molecule has 0 bridgehead atoms. The lowest BCUT2D eigenvalue weighted by molar-refractivity contribution is 0.176. The molecule has 3 rings (SSSR count). The van der Waals surface area contributed by atoms with Gasteiger partial charge in [0.1, 0.15) is 11.6 Å². The van der Waals surface area contributed by atoms with E-state index in [0.29, 0.717) is 19.0 Å². The number of nitrogens with one attached hydrogen (secondary N) is 2. The van der Waals surface area contributed by atoms with Gasteiger partial charge in [-0.05, 0) is 63.9 Å². The number of halogens is 2. The van der Waals surface area contributed by atoms with E-state index in [4.69, 9.17) is 0 Å². The highest BCUT2D eigenvalue weighted by Crippen LogP contribution is 2.18. The second-order valence-electron chi connectivity index (χ2n) is 8.25. The number of likely N-dealkylation sites (tertiary alicyclic amines) is 2. The van der Waals surface area contributed by atoms with Crippen molar-refractivity contribution in [3.63, 3.8) is 0 Å². The normalized spacial score (nSPS) is 24.5. The van der Waals surface area contributed by atoms with Crippen molar-refractivity contribution in [3.8, 4) is 0 Å². The molecule has 0 aromatic heterocycles. The number of piperidine rings is 1. The Kier molecular flexibility index (Phi) is 7.62. The summed E-state index contributed by atoms with van der Waals surface area (Å²) in [6, 6.07) is 3.81. The molecule has 2 aliphatic heterocycles. The van der Waals surface area contributed by atoms with E-state index in [1.807, 2.05) is 4.90 Å². The second kappa shape index (κ2) is 10.2. The molecule has 1 aromatic carbocycles. The highest BCUT2D eigenvalue weighted by atomic mass is 19.1. The quantitative estimate of drug-likeness (QED) is 0.807. The van der Waals surface area contributed by atoms with Gasteiger partial charge in [0.25, 0.3) is 0 Å². The van der Waals surface area contributed by atoms with E-state index in [-0.39, 0.29) is 24.2 Å². The largest absolute Gasteiger partial charge is 0.338 e.